The predicted molar refractivity (Wildman–Crippen MR) is 117 cm³/mol. The first-order valence-electron chi connectivity index (χ1n) is 10.4. The lowest BCUT2D eigenvalue weighted by molar-refractivity contribution is 0.0930. The lowest BCUT2D eigenvalue weighted by Gasteiger charge is -2.32. The minimum Gasteiger partial charge on any atom is -0.350 e. The minimum atomic E-state index is -0.174. The molecule has 2 aromatic carbocycles. The van der Waals surface area contributed by atoms with Gasteiger partial charge in [0.15, 0.2) is 5.69 Å². The van der Waals surface area contributed by atoms with Gasteiger partial charge in [0, 0.05) is 18.1 Å². The normalized spacial score (nSPS) is 15.2. The number of benzene rings is 2. The van der Waals surface area contributed by atoms with Gasteiger partial charge in [-0.05, 0) is 49.0 Å². The lowest BCUT2D eigenvalue weighted by atomic mass is 9.96. The number of likely N-dealkylation sites (tertiary alicyclic amines) is 1. The summed E-state index contributed by atoms with van der Waals surface area (Å²) in [4.78, 5) is 14.9. The molecule has 0 saturated carbocycles. The van der Waals surface area contributed by atoms with Crippen LogP contribution in [-0.4, -0.2) is 45.4 Å². The molecule has 156 valence electrons. The predicted octanol–water partition coefficient (Wildman–Crippen LogP) is 3.62. The summed E-state index contributed by atoms with van der Waals surface area (Å²) >= 11 is 6.19. The molecule has 1 fully saturated rings. The Morgan fingerprint density at radius 1 is 1.03 bits per heavy atom. The fourth-order valence-corrected chi connectivity index (χ4v) is 3.99. The van der Waals surface area contributed by atoms with Crippen LogP contribution in [0.15, 0.2) is 60.8 Å². The van der Waals surface area contributed by atoms with E-state index in [4.69, 9.17) is 11.6 Å². The van der Waals surface area contributed by atoms with E-state index in [0.717, 1.165) is 38.0 Å². The van der Waals surface area contributed by atoms with Gasteiger partial charge in [0.2, 0.25) is 0 Å². The standard InChI is InChI=1S/C23H26ClN5O/c24-21-9-5-4-8-20(21)16-29-17-22(26-27-29)23(30)25-14-18-10-12-28(13-11-18)15-19-6-2-1-3-7-19/h1-9,17-18H,10-16H2,(H,25,30). The molecule has 1 amide bonds. The highest BCUT2D eigenvalue weighted by molar-refractivity contribution is 6.31. The number of halogens is 1. The molecule has 2 heterocycles. The number of carbonyl (C=O) groups excluding carboxylic acids is 1. The quantitative estimate of drug-likeness (QED) is 0.630. The maximum atomic E-state index is 12.5. The Labute approximate surface area is 181 Å². The van der Waals surface area contributed by atoms with Crippen molar-refractivity contribution in [1.82, 2.24) is 25.2 Å². The molecule has 1 saturated heterocycles. The Morgan fingerprint density at radius 3 is 2.53 bits per heavy atom. The minimum absolute atomic E-state index is 0.174. The molecule has 1 aromatic heterocycles. The number of piperidine rings is 1. The largest absolute Gasteiger partial charge is 0.350 e. The SMILES string of the molecule is O=C(NCC1CCN(Cc2ccccc2)CC1)c1cn(Cc2ccccc2Cl)nn1. The van der Waals surface area contributed by atoms with Crippen LogP contribution in [0.2, 0.25) is 5.02 Å². The summed E-state index contributed by atoms with van der Waals surface area (Å²) in [6, 6.07) is 18.2. The van der Waals surface area contributed by atoms with E-state index in [-0.39, 0.29) is 5.91 Å². The van der Waals surface area contributed by atoms with E-state index in [1.165, 1.54) is 5.56 Å². The van der Waals surface area contributed by atoms with Crippen molar-refractivity contribution in [2.45, 2.75) is 25.9 Å². The van der Waals surface area contributed by atoms with Gasteiger partial charge in [0.1, 0.15) is 0 Å². The van der Waals surface area contributed by atoms with Crippen LogP contribution in [0.4, 0.5) is 0 Å². The van der Waals surface area contributed by atoms with E-state index >= 15 is 0 Å². The van der Waals surface area contributed by atoms with Gasteiger partial charge >= 0.3 is 0 Å². The molecule has 4 rings (SSSR count). The molecule has 0 aliphatic carbocycles. The average molecular weight is 424 g/mol. The molecule has 1 aliphatic rings. The van der Waals surface area contributed by atoms with Crippen molar-refractivity contribution in [3.8, 4) is 0 Å². The summed E-state index contributed by atoms with van der Waals surface area (Å²) in [5, 5.41) is 11.8. The number of aromatic nitrogens is 3. The van der Waals surface area contributed by atoms with Crippen LogP contribution >= 0.6 is 11.6 Å². The molecule has 7 heteroatoms. The summed E-state index contributed by atoms with van der Waals surface area (Å²) < 4.78 is 1.64. The highest BCUT2D eigenvalue weighted by Crippen LogP contribution is 2.19. The Hall–Kier alpha value is -2.70. The third-order valence-electron chi connectivity index (χ3n) is 5.57. The summed E-state index contributed by atoms with van der Waals surface area (Å²) in [7, 11) is 0. The van der Waals surface area contributed by atoms with Gasteiger partial charge in [-0.25, -0.2) is 4.68 Å². The van der Waals surface area contributed by atoms with Gasteiger partial charge in [0.05, 0.1) is 12.7 Å². The van der Waals surface area contributed by atoms with Crippen molar-refractivity contribution < 1.29 is 4.79 Å². The second kappa shape index (κ2) is 9.87. The number of rotatable bonds is 7. The first-order chi connectivity index (χ1) is 14.7. The van der Waals surface area contributed by atoms with Crippen molar-refractivity contribution in [3.63, 3.8) is 0 Å². The highest BCUT2D eigenvalue weighted by atomic mass is 35.5. The highest BCUT2D eigenvalue weighted by Gasteiger charge is 2.20. The van der Waals surface area contributed by atoms with Gasteiger partial charge in [0.25, 0.3) is 5.91 Å². The molecule has 0 atom stereocenters. The zero-order chi connectivity index (χ0) is 20.8. The summed E-state index contributed by atoms with van der Waals surface area (Å²) in [6.07, 6.45) is 3.85. The molecule has 6 nitrogen and oxygen atoms in total. The summed E-state index contributed by atoms with van der Waals surface area (Å²) in [6.45, 7) is 4.27. The molecular formula is C23H26ClN5O. The molecule has 1 aliphatic heterocycles. The Balaban J connectivity index is 1.22. The zero-order valence-electron chi connectivity index (χ0n) is 16.9. The smallest absolute Gasteiger partial charge is 0.273 e. The zero-order valence-corrected chi connectivity index (χ0v) is 17.6. The third-order valence-corrected chi connectivity index (χ3v) is 5.94. The fraction of sp³-hybridized carbons (Fsp3) is 0.348. The topological polar surface area (TPSA) is 63.1 Å². The van der Waals surface area contributed by atoms with Crippen LogP contribution in [0.3, 0.4) is 0 Å². The Morgan fingerprint density at radius 2 is 1.77 bits per heavy atom. The van der Waals surface area contributed by atoms with Crippen molar-refractivity contribution >= 4 is 17.5 Å². The first kappa shape index (κ1) is 20.6. The van der Waals surface area contributed by atoms with Gasteiger partial charge in [-0.2, -0.15) is 0 Å². The maximum absolute atomic E-state index is 12.5. The molecule has 0 bridgehead atoms. The molecule has 3 aromatic rings. The second-order valence-corrected chi connectivity index (χ2v) is 8.22. The van der Waals surface area contributed by atoms with E-state index in [1.807, 2.05) is 30.3 Å². The third kappa shape index (κ3) is 5.46. The van der Waals surface area contributed by atoms with E-state index in [9.17, 15) is 4.79 Å². The summed E-state index contributed by atoms with van der Waals surface area (Å²) in [5.41, 5.74) is 2.63. The molecular weight excluding hydrogens is 398 g/mol. The summed E-state index contributed by atoms with van der Waals surface area (Å²) in [5.74, 6) is 0.325. The number of carbonyl (C=O) groups is 1. The number of nitrogens with zero attached hydrogens (tertiary/aromatic N) is 4. The van der Waals surface area contributed by atoms with E-state index in [2.05, 4.69) is 44.8 Å². The molecule has 0 radical (unpaired) electrons. The van der Waals surface area contributed by atoms with Gasteiger partial charge in [-0.1, -0.05) is 65.3 Å². The van der Waals surface area contributed by atoms with Crippen LogP contribution in [0.25, 0.3) is 0 Å². The number of amides is 1. The van der Waals surface area contributed by atoms with Gasteiger partial charge in [-0.15, -0.1) is 5.10 Å². The van der Waals surface area contributed by atoms with Crippen LogP contribution < -0.4 is 5.32 Å². The van der Waals surface area contributed by atoms with Crippen molar-refractivity contribution in [1.29, 1.82) is 0 Å². The molecule has 1 N–H and O–H groups in total. The second-order valence-electron chi connectivity index (χ2n) is 7.81. The average Bonchev–Trinajstić information content (AvgIpc) is 3.24. The lowest BCUT2D eigenvalue weighted by Crippen LogP contribution is -2.38. The van der Waals surface area contributed by atoms with E-state index in [1.54, 1.807) is 10.9 Å². The van der Waals surface area contributed by atoms with Crippen LogP contribution in [-0.2, 0) is 13.1 Å². The molecule has 0 unspecified atom stereocenters. The number of nitrogens with one attached hydrogen (secondary N) is 1. The van der Waals surface area contributed by atoms with E-state index < -0.39 is 0 Å². The van der Waals surface area contributed by atoms with Crippen molar-refractivity contribution in [2.75, 3.05) is 19.6 Å². The molecule has 0 spiro atoms. The Bertz CT molecular complexity index is 966. The van der Waals surface area contributed by atoms with Gasteiger partial charge < -0.3 is 5.32 Å². The monoisotopic (exact) mass is 423 g/mol. The van der Waals surface area contributed by atoms with Crippen molar-refractivity contribution in [3.05, 3.63) is 82.6 Å². The van der Waals surface area contributed by atoms with Crippen LogP contribution in [0.5, 0.6) is 0 Å². The van der Waals surface area contributed by atoms with Gasteiger partial charge in [-0.3, -0.25) is 9.69 Å². The number of hydrogen-bond donors (Lipinski definition) is 1. The number of hydrogen-bond acceptors (Lipinski definition) is 4. The van der Waals surface area contributed by atoms with Crippen LogP contribution in [0.1, 0.15) is 34.5 Å². The van der Waals surface area contributed by atoms with Crippen molar-refractivity contribution in [2.24, 2.45) is 5.92 Å². The fourth-order valence-electron chi connectivity index (χ4n) is 3.80. The first-order valence-corrected chi connectivity index (χ1v) is 10.7. The van der Waals surface area contributed by atoms with E-state index in [0.29, 0.717) is 29.7 Å². The van der Waals surface area contributed by atoms with Crippen LogP contribution in [0, 0.1) is 5.92 Å². The Kier molecular flexibility index (Phi) is 6.77. The maximum Gasteiger partial charge on any atom is 0.273 e. The molecule has 30 heavy (non-hydrogen) atoms.